The smallest absolute Gasteiger partial charge is 0.352 e. The Morgan fingerprint density at radius 2 is 2.12 bits per heavy atom. The molecule has 1 aromatic carbocycles. The molecule has 0 bridgehead atoms. The number of hydrogen-bond acceptors (Lipinski definition) is 3. The molecular weight excluding hydrogens is 319 g/mol. The van der Waals surface area contributed by atoms with Gasteiger partial charge in [0.2, 0.25) is 0 Å². The fraction of sp³-hybridized carbons (Fsp3) is 0.588. The van der Waals surface area contributed by atoms with Gasteiger partial charge in [0.15, 0.2) is 0 Å². The number of hydrogen-bond donors (Lipinski definition) is 2. The number of rotatable bonds is 6. The van der Waals surface area contributed by atoms with Gasteiger partial charge < -0.3 is 10.6 Å². The number of amides is 1. The standard InChI is InChI=1S/C17H24F3N3O/c1-3-7-22-16(24)12-4-5-13(15(9-12)17(18,19)20)10-23-8-6-14(11-23)21-2/h4-5,9,14,21H,3,6-8,10-11H2,1-2H3,(H,22,24). The number of benzene rings is 1. The maximum absolute atomic E-state index is 13.4. The van der Waals surface area contributed by atoms with Gasteiger partial charge in [-0.2, -0.15) is 13.2 Å². The molecule has 1 aromatic rings. The molecule has 1 atom stereocenters. The predicted molar refractivity (Wildman–Crippen MR) is 86.8 cm³/mol. The number of carbonyl (C=O) groups is 1. The molecule has 1 amide bonds. The summed E-state index contributed by atoms with van der Waals surface area (Å²) in [5.41, 5.74) is -0.458. The monoisotopic (exact) mass is 343 g/mol. The van der Waals surface area contributed by atoms with Crippen molar-refractivity contribution in [3.8, 4) is 0 Å². The van der Waals surface area contributed by atoms with E-state index < -0.39 is 17.6 Å². The second kappa shape index (κ2) is 7.98. The lowest BCUT2D eigenvalue weighted by molar-refractivity contribution is -0.138. The van der Waals surface area contributed by atoms with Crippen LogP contribution in [-0.4, -0.2) is 43.5 Å². The fourth-order valence-corrected chi connectivity index (χ4v) is 2.91. The zero-order valence-electron chi connectivity index (χ0n) is 14.0. The van der Waals surface area contributed by atoms with E-state index >= 15 is 0 Å². The Kier molecular flexibility index (Phi) is 6.23. The molecule has 1 saturated heterocycles. The minimum absolute atomic E-state index is 0.0500. The third-order valence-electron chi connectivity index (χ3n) is 4.29. The molecule has 24 heavy (non-hydrogen) atoms. The average molecular weight is 343 g/mol. The third kappa shape index (κ3) is 4.70. The van der Waals surface area contributed by atoms with Crippen LogP contribution in [0.5, 0.6) is 0 Å². The highest BCUT2D eigenvalue weighted by atomic mass is 19.4. The van der Waals surface area contributed by atoms with Gasteiger partial charge in [0.05, 0.1) is 5.56 Å². The Morgan fingerprint density at radius 3 is 2.71 bits per heavy atom. The van der Waals surface area contributed by atoms with Gasteiger partial charge in [-0.25, -0.2) is 0 Å². The molecule has 0 aromatic heterocycles. The number of carbonyl (C=O) groups excluding carboxylic acids is 1. The summed E-state index contributed by atoms with van der Waals surface area (Å²) in [6.45, 7) is 4.07. The van der Waals surface area contributed by atoms with Crippen LogP contribution in [0, 0.1) is 0 Å². The van der Waals surface area contributed by atoms with E-state index in [0.29, 0.717) is 12.6 Å². The minimum atomic E-state index is -4.47. The topological polar surface area (TPSA) is 44.4 Å². The van der Waals surface area contributed by atoms with Gasteiger partial charge in [-0.1, -0.05) is 13.0 Å². The van der Waals surface area contributed by atoms with Crippen LogP contribution in [0.1, 0.15) is 41.3 Å². The predicted octanol–water partition coefficient (Wildman–Crippen LogP) is 2.64. The summed E-state index contributed by atoms with van der Waals surface area (Å²) >= 11 is 0. The minimum Gasteiger partial charge on any atom is -0.352 e. The number of nitrogens with one attached hydrogen (secondary N) is 2. The van der Waals surface area contributed by atoms with Gasteiger partial charge in [0.25, 0.3) is 5.91 Å². The van der Waals surface area contributed by atoms with Crippen molar-refractivity contribution in [1.82, 2.24) is 15.5 Å². The van der Waals surface area contributed by atoms with E-state index in [-0.39, 0.29) is 17.7 Å². The molecular formula is C17H24F3N3O. The van der Waals surface area contributed by atoms with Crippen molar-refractivity contribution in [3.05, 3.63) is 34.9 Å². The van der Waals surface area contributed by atoms with Crippen molar-refractivity contribution < 1.29 is 18.0 Å². The van der Waals surface area contributed by atoms with Crippen LogP contribution in [0.4, 0.5) is 13.2 Å². The molecule has 1 heterocycles. The molecule has 4 nitrogen and oxygen atoms in total. The summed E-state index contributed by atoms with van der Waals surface area (Å²) < 4.78 is 40.2. The van der Waals surface area contributed by atoms with Crippen LogP contribution < -0.4 is 10.6 Å². The van der Waals surface area contributed by atoms with Gasteiger partial charge in [0, 0.05) is 37.8 Å². The zero-order chi connectivity index (χ0) is 17.7. The van der Waals surface area contributed by atoms with E-state index in [2.05, 4.69) is 10.6 Å². The highest BCUT2D eigenvalue weighted by Gasteiger charge is 2.35. The van der Waals surface area contributed by atoms with E-state index in [1.807, 2.05) is 18.9 Å². The summed E-state index contributed by atoms with van der Waals surface area (Å²) in [6, 6.07) is 4.18. The first-order valence-corrected chi connectivity index (χ1v) is 8.23. The molecule has 1 aliphatic rings. The molecule has 2 rings (SSSR count). The molecule has 0 spiro atoms. The van der Waals surface area contributed by atoms with Gasteiger partial charge >= 0.3 is 6.18 Å². The number of halogens is 3. The number of alkyl halides is 3. The Balaban J connectivity index is 2.20. The van der Waals surface area contributed by atoms with Crippen molar-refractivity contribution in [3.63, 3.8) is 0 Å². The van der Waals surface area contributed by atoms with Gasteiger partial charge in [-0.05, 0) is 37.6 Å². The lowest BCUT2D eigenvalue weighted by Gasteiger charge is -2.20. The SMILES string of the molecule is CCCNC(=O)c1ccc(CN2CCC(NC)C2)c(C(F)(F)F)c1. The number of likely N-dealkylation sites (tertiary alicyclic amines) is 1. The molecule has 0 saturated carbocycles. The van der Waals surface area contributed by atoms with Gasteiger partial charge in [0.1, 0.15) is 0 Å². The first-order valence-electron chi connectivity index (χ1n) is 8.23. The number of nitrogens with zero attached hydrogens (tertiary/aromatic N) is 1. The fourth-order valence-electron chi connectivity index (χ4n) is 2.91. The van der Waals surface area contributed by atoms with Crippen molar-refractivity contribution in [1.29, 1.82) is 0 Å². The van der Waals surface area contributed by atoms with Crippen LogP contribution in [0.3, 0.4) is 0 Å². The van der Waals surface area contributed by atoms with E-state index in [9.17, 15) is 18.0 Å². The van der Waals surface area contributed by atoms with E-state index in [0.717, 1.165) is 32.0 Å². The summed E-state index contributed by atoms with van der Waals surface area (Å²) in [4.78, 5) is 13.9. The summed E-state index contributed by atoms with van der Waals surface area (Å²) in [5.74, 6) is -0.467. The second-order valence-corrected chi connectivity index (χ2v) is 6.13. The first-order chi connectivity index (χ1) is 11.3. The Labute approximate surface area is 140 Å². The Morgan fingerprint density at radius 1 is 1.38 bits per heavy atom. The van der Waals surface area contributed by atoms with Crippen molar-refractivity contribution in [2.75, 3.05) is 26.7 Å². The van der Waals surface area contributed by atoms with Crippen LogP contribution in [0.25, 0.3) is 0 Å². The van der Waals surface area contributed by atoms with Crippen LogP contribution in [0.15, 0.2) is 18.2 Å². The maximum atomic E-state index is 13.4. The molecule has 1 unspecified atom stereocenters. The summed E-state index contributed by atoms with van der Waals surface area (Å²) in [6.07, 6.45) is -2.81. The lowest BCUT2D eigenvalue weighted by atomic mass is 10.0. The largest absolute Gasteiger partial charge is 0.416 e. The van der Waals surface area contributed by atoms with Crippen LogP contribution in [0.2, 0.25) is 0 Å². The van der Waals surface area contributed by atoms with Gasteiger partial charge in [-0.3, -0.25) is 9.69 Å². The lowest BCUT2D eigenvalue weighted by Crippen LogP contribution is -2.30. The van der Waals surface area contributed by atoms with E-state index in [4.69, 9.17) is 0 Å². The first kappa shape index (κ1) is 18.7. The summed E-state index contributed by atoms with van der Waals surface area (Å²) in [7, 11) is 1.86. The second-order valence-electron chi connectivity index (χ2n) is 6.13. The quantitative estimate of drug-likeness (QED) is 0.835. The van der Waals surface area contributed by atoms with Gasteiger partial charge in [-0.15, -0.1) is 0 Å². The van der Waals surface area contributed by atoms with Crippen LogP contribution in [-0.2, 0) is 12.7 Å². The Bertz CT molecular complexity index is 575. The number of likely N-dealkylation sites (N-methyl/N-ethyl adjacent to an activating group) is 1. The van der Waals surface area contributed by atoms with Crippen molar-refractivity contribution in [2.24, 2.45) is 0 Å². The molecule has 2 N–H and O–H groups in total. The molecule has 134 valence electrons. The van der Waals surface area contributed by atoms with Crippen molar-refractivity contribution >= 4 is 5.91 Å². The highest BCUT2D eigenvalue weighted by molar-refractivity contribution is 5.94. The molecule has 7 heteroatoms. The maximum Gasteiger partial charge on any atom is 0.416 e. The van der Waals surface area contributed by atoms with E-state index in [1.54, 1.807) is 0 Å². The molecule has 1 aliphatic heterocycles. The highest BCUT2D eigenvalue weighted by Crippen LogP contribution is 2.33. The summed E-state index contributed by atoms with van der Waals surface area (Å²) in [5, 5.41) is 5.76. The molecule has 0 aliphatic carbocycles. The molecule has 1 fully saturated rings. The van der Waals surface area contributed by atoms with Crippen molar-refractivity contribution in [2.45, 2.75) is 38.5 Å². The molecule has 0 radical (unpaired) electrons. The normalized spacial score (nSPS) is 18.8. The Hall–Kier alpha value is -1.60. The van der Waals surface area contributed by atoms with E-state index in [1.165, 1.54) is 12.1 Å². The zero-order valence-corrected chi connectivity index (χ0v) is 14.0. The third-order valence-corrected chi connectivity index (χ3v) is 4.29. The van der Waals surface area contributed by atoms with Crippen LogP contribution >= 0.6 is 0 Å². The average Bonchev–Trinajstić information content (AvgIpc) is 2.99.